The van der Waals surface area contributed by atoms with Gasteiger partial charge in [0.05, 0.1) is 0 Å². The molecular formula is C12H20. The van der Waals surface area contributed by atoms with Gasteiger partial charge >= 0.3 is 0 Å². The van der Waals surface area contributed by atoms with Crippen LogP contribution in [0.2, 0.25) is 0 Å². The highest BCUT2D eigenvalue weighted by molar-refractivity contribution is 5.12. The summed E-state index contributed by atoms with van der Waals surface area (Å²) >= 11 is 0. The van der Waals surface area contributed by atoms with Crippen LogP contribution in [-0.4, -0.2) is 0 Å². The smallest absolute Gasteiger partial charge is 0.0152 e. The summed E-state index contributed by atoms with van der Waals surface area (Å²) in [7, 11) is 0. The molecule has 0 heterocycles. The van der Waals surface area contributed by atoms with Crippen molar-refractivity contribution in [1.29, 1.82) is 0 Å². The third kappa shape index (κ3) is 1.22. The first-order valence-corrected chi connectivity index (χ1v) is 5.36. The van der Waals surface area contributed by atoms with Crippen LogP contribution in [0.25, 0.3) is 0 Å². The van der Waals surface area contributed by atoms with Crippen LogP contribution in [0.3, 0.4) is 0 Å². The molecule has 0 aromatic carbocycles. The van der Waals surface area contributed by atoms with Crippen LogP contribution in [0.5, 0.6) is 0 Å². The first kappa shape index (κ1) is 8.34. The number of hydrogen-bond donors (Lipinski definition) is 0. The minimum absolute atomic E-state index is 0.890. The number of hydrogen-bond acceptors (Lipinski definition) is 0. The van der Waals surface area contributed by atoms with Gasteiger partial charge in [0.2, 0.25) is 0 Å². The summed E-state index contributed by atoms with van der Waals surface area (Å²) in [6, 6.07) is 0. The second kappa shape index (κ2) is 2.90. The summed E-state index contributed by atoms with van der Waals surface area (Å²) in [4.78, 5) is 0. The third-order valence-electron chi connectivity index (χ3n) is 3.91. The number of fused-ring (bicyclic) bond motifs is 1. The van der Waals surface area contributed by atoms with Crippen LogP contribution in [0.4, 0.5) is 0 Å². The van der Waals surface area contributed by atoms with Crippen molar-refractivity contribution >= 4 is 0 Å². The van der Waals surface area contributed by atoms with Crippen molar-refractivity contribution < 1.29 is 0 Å². The summed E-state index contributed by atoms with van der Waals surface area (Å²) in [5.74, 6) is 3.76. The molecule has 0 bridgehead atoms. The Morgan fingerprint density at radius 2 is 2.00 bits per heavy atom. The van der Waals surface area contributed by atoms with Gasteiger partial charge in [-0.3, -0.25) is 0 Å². The highest BCUT2D eigenvalue weighted by Crippen LogP contribution is 2.49. The normalized spacial score (nSPS) is 47.7. The van der Waals surface area contributed by atoms with Crippen LogP contribution in [-0.2, 0) is 0 Å². The average molecular weight is 164 g/mol. The van der Waals surface area contributed by atoms with E-state index in [9.17, 15) is 0 Å². The lowest BCUT2D eigenvalue weighted by Crippen LogP contribution is -2.27. The van der Waals surface area contributed by atoms with Gasteiger partial charge in [0, 0.05) is 0 Å². The van der Waals surface area contributed by atoms with E-state index in [1.165, 1.54) is 25.7 Å². The van der Waals surface area contributed by atoms with Crippen molar-refractivity contribution in [2.75, 3.05) is 0 Å². The zero-order chi connectivity index (χ0) is 8.72. The summed E-state index contributed by atoms with van der Waals surface area (Å²) in [5, 5.41) is 0. The van der Waals surface area contributed by atoms with Crippen molar-refractivity contribution in [1.82, 2.24) is 0 Å². The van der Waals surface area contributed by atoms with Gasteiger partial charge < -0.3 is 0 Å². The van der Waals surface area contributed by atoms with E-state index < -0.39 is 0 Å². The average Bonchev–Trinajstić information content (AvgIpc) is 2.31. The molecule has 0 aliphatic heterocycles. The van der Waals surface area contributed by atoms with Gasteiger partial charge in [0.1, 0.15) is 0 Å². The van der Waals surface area contributed by atoms with Gasteiger partial charge in [-0.2, -0.15) is 0 Å². The molecule has 0 N–H and O–H groups in total. The maximum atomic E-state index is 4.21. The molecule has 0 aromatic heterocycles. The van der Waals surface area contributed by atoms with Crippen molar-refractivity contribution in [2.45, 2.75) is 39.5 Å². The molecular weight excluding hydrogens is 144 g/mol. The van der Waals surface area contributed by atoms with Gasteiger partial charge in [-0.15, -0.1) is 0 Å². The lowest BCUT2D eigenvalue weighted by molar-refractivity contribution is 0.171. The fourth-order valence-corrected chi connectivity index (χ4v) is 3.58. The van der Waals surface area contributed by atoms with Gasteiger partial charge in [-0.05, 0) is 49.4 Å². The highest BCUT2D eigenvalue weighted by atomic mass is 14.4. The Hall–Kier alpha value is -0.260. The first-order valence-electron chi connectivity index (χ1n) is 5.36. The summed E-state index contributed by atoms with van der Waals surface area (Å²) < 4.78 is 0. The maximum Gasteiger partial charge on any atom is -0.0152 e. The van der Waals surface area contributed by atoms with Crippen LogP contribution >= 0.6 is 0 Å². The van der Waals surface area contributed by atoms with Crippen LogP contribution in [0.15, 0.2) is 12.2 Å². The van der Waals surface area contributed by atoms with E-state index in [0.717, 1.165) is 23.7 Å². The zero-order valence-corrected chi connectivity index (χ0v) is 8.34. The van der Waals surface area contributed by atoms with Crippen LogP contribution in [0.1, 0.15) is 39.5 Å². The highest BCUT2D eigenvalue weighted by Gasteiger charge is 2.38. The molecule has 68 valence electrons. The Morgan fingerprint density at radius 3 is 2.75 bits per heavy atom. The van der Waals surface area contributed by atoms with Crippen LogP contribution < -0.4 is 0 Å². The minimum Gasteiger partial charge on any atom is -0.0996 e. The van der Waals surface area contributed by atoms with E-state index >= 15 is 0 Å². The molecule has 0 heteroatoms. The molecule has 2 saturated carbocycles. The van der Waals surface area contributed by atoms with Gasteiger partial charge in [-0.1, -0.05) is 26.0 Å². The number of allylic oxidation sites excluding steroid dienone is 1. The molecule has 4 unspecified atom stereocenters. The molecule has 2 aliphatic rings. The Balaban J connectivity index is 2.14. The Morgan fingerprint density at radius 1 is 1.25 bits per heavy atom. The molecule has 0 radical (unpaired) electrons. The molecule has 0 amide bonds. The Labute approximate surface area is 76.1 Å². The van der Waals surface area contributed by atoms with Gasteiger partial charge in [0.15, 0.2) is 0 Å². The molecule has 0 spiro atoms. The Bertz CT molecular complexity index is 192. The lowest BCUT2D eigenvalue weighted by atomic mass is 9.70. The fourth-order valence-electron chi connectivity index (χ4n) is 3.58. The standard InChI is InChI=1S/C12H20/c1-8-6-10(3)12-9(2)4-5-11(12)7-8/h8,10-12H,2,4-7H2,1,3H3. The lowest BCUT2D eigenvalue weighted by Gasteiger charge is -2.35. The monoisotopic (exact) mass is 164 g/mol. The largest absolute Gasteiger partial charge is 0.0996 e. The SMILES string of the molecule is C=C1CCC2CC(C)CC(C)C12. The van der Waals surface area contributed by atoms with E-state index in [1.807, 2.05) is 0 Å². The molecule has 2 rings (SSSR count). The van der Waals surface area contributed by atoms with E-state index in [-0.39, 0.29) is 0 Å². The molecule has 2 aliphatic carbocycles. The van der Waals surface area contributed by atoms with Crippen molar-refractivity contribution in [3.8, 4) is 0 Å². The second-order valence-electron chi connectivity index (χ2n) is 5.04. The first-order chi connectivity index (χ1) is 5.68. The van der Waals surface area contributed by atoms with Crippen molar-refractivity contribution in [3.05, 3.63) is 12.2 Å². The molecule has 4 atom stereocenters. The summed E-state index contributed by atoms with van der Waals surface area (Å²) in [6.07, 6.45) is 5.64. The van der Waals surface area contributed by atoms with E-state index in [0.29, 0.717) is 0 Å². The van der Waals surface area contributed by atoms with Crippen molar-refractivity contribution in [3.63, 3.8) is 0 Å². The van der Waals surface area contributed by atoms with Crippen LogP contribution in [0, 0.1) is 23.7 Å². The molecule has 12 heavy (non-hydrogen) atoms. The second-order valence-corrected chi connectivity index (χ2v) is 5.04. The summed E-state index contributed by atoms with van der Waals surface area (Å²) in [5.41, 5.74) is 1.56. The fraction of sp³-hybridized carbons (Fsp3) is 0.833. The van der Waals surface area contributed by atoms with E-state index in [4.69, 9.17) is 0 Å². The molecule has 0 nitrogen and oxygen atoms in total. The van der Waals surface area contributed by atoms with Gasteiger partial charge in [0.25, 0.3) is 0 Å². The van der Waals surface area contributed by atoms with E-state index in [2.05, 4.69) is 20.4 Å². The van der Waals surface area contributed by atoms with Crippen molar-refractivity contribution in [2.24, 2.45) is 23.7 Å². The predicted molar refractivity (Wildman–Crippen MR) is 52.9 cm³/mol. The van der Waals surface area contributed by atoms with Gasteiger partial charge in [-0.25, -0.2) is 0 Å². The topological polar surface area (TPSA) is 0 Å². The molecule has 0 saturated heterocycles. The predicted octanol–water partition coefficient (Wildman–Crippen LogP) is 3.63. The Kier molecular flexibility index (Phi) is 2.02. The van der Waals surface area contributed by atoms with E-state index in [1.54, 1.807) is 5.57 Å². The maximum absolute atomic E-state index is 4.21. The quantitative estimate of drug-likeness (QED) is 0.479. The summed E-state index contributed by atoms with van der Waals surface area (Å²) in [6.45, 7) is 9.04. The number of rotatable bonds is 0. The molecule has 2 fully saturated rings. The molecule has 0 aromatic rings. The minimum atomic E-state index is 0.890. The zero-order valence-electron chi connectivity index (χ0n) is 8.34. The third-order valence-corrected chi connectivity index (χ3v) is 3.91.